The monoisotopic (exact) mass is 252 g/mol. The van der Waals surface area contributed by atoms with E-state index in [0.29, 0.717) is 5.56 Å². The van der Waals surface area contributed by atoms with Crippen LogP contribution in [0.25, 0.3) is 0 Å². The first-order valence-corrected chi connectivity index (χ1v) is 7.20. The van der Waals surface area contributed by atoms with Crippen LogP contribution in [0.4, 0.5) is 5.69 Å². The molecule has 0 aromatic heterocycles. The predicted molar refractivity (Wildman–Crippen MR) is 75.9 cm³/mol. The average molecular weight is 252 g/mol. The molecule has 0 aliphatic carbocycles. The van der Waals surface area contributed by atoms with Gasteiger partial charge in [0, 0.05) is 29.6 Å². The third-order valence-electron chi connectivity index (χ3n) is 2.32. The number of rotatable bonds is 6. The maximum atomic E-state index is 11.9. The molecule has 1 aromatic carbocycles. The first-order chi connectivity index (χ1) is 8.17. The highest BCUT2D eigenvalue weighted by molar-refractivity contribution is 7.98. The molecule has 0 bridgehead atoms. The second kappa shape index (κ2) is 7.22. The number of carbonyl (C=O) groups excluding carboxylic acids is 1. The number of amides is 1. The van der Waals surface area contributed by atoms with Crippen LogP contribution in [-0.2, 0) is 0 Å². The van der Waals surface area contributed by atoms with Crippen molar-refractivity contribution >= 4 is 23.4 Å². The summed E-state index contributed by atoms with van der Waals surface area (Å²) >= 11 is 1.73. The molecule has 1 amide bonds. The molecule has 94 valence electrons. The molecule has 2 N–H and O–H groups in total. The Balaban J connectivity index is 2.57. The smallest absolute Gasteiger partial charge is 0.251 e. The molecule has 0 saturated carbocycles. The Hall–Kier alpha value is -1.16. The molecular weight excluding hydrogens is 232 g/mol. The van der Waals surface area contributed by atoms with Crippen molar-refractivity contribution in [1.29, 1.82) is 0 Å². The fraction of sp³-hybridized carbons (Fsp3) is 0.462. The summed E-state index contributed by atoms with van der Waals surface area (Å²) in [4.78, 5) is 11.9. The van der Waals surface area contributed by atoms with Gasteiger partial charge in [0.2, 0.25) is 0 Å². The van der Waals surface area contributed by atoms with E-state index in [4.69, 9.17) is 0 Å². The van der Waals surface area contributed by atoms with Crippen molar-refractivity contribution in [3.05, 3.63) is 29.8 Å². The Kier molecular flexibility index (Phi) is 5.91. The van der Waals surface area contributed by atoms with Gasteiger partial charge in [0.25, 0.3) is 5.91 Å². The Morgan fingerprint density at radius 3 is 2.53 bits per heavy atom. The number of benzene rings is 1. The topological polar surface area (TPSA) is 41.1 Å². The fourth-order valence-corrected chi connectivity index (χ4v) is 2.13. The van der Waals surface area contributed by atoms with Crippen molar-refractivity contribution in [3.8, 4) is 0 Å². The van der Waals surface area contributed by atoms with Crippen molar-refractivity contribution in [2.75, 3.05) is 23.9 Å². The van der Waals surface area contributed by atoms with Crippen LogP contribution in [0.1, 0.15) is 24.2 Å². The Bertz CT molecular complexity index is 351. The third kappa shape index (κ3) is 4.69. The molecule has 1 unspecified atom stereocenters. The number of anilines is 1. The molecule has 0 aliphatic rings. The highest BCUT2D eigenvalue weighted by Crippen LogP contribution is 2.09. The lowest BCUT2D eigenvalue weighted by atomic mass is 10.2. The molecule has 3 nitrogen and oxygen atoms in total. The summed E-state index contributed by atoms with van der Waals surface area (Å²) in [6, 6.07) is 7.75. The largest absolute Gasteiger partial charge is 0.385 e. The van der Waals surface area contributed by atoms with Crippen LogP contribution in [0.5, 0.6) is 0 Å². The highest BCUT2D eigenvalue weighted by atomic mass is 32.2. The van der Waals surface area contributed by atoms with E-state index in [1.165, 1.54) is 0 Å². The van der Waals surface area contributed by atoms with E-state index in [-0.39, 0.29) is 11.9 Å². The van der Waals surface area contributed by atoms with Gasteiger partial charge in [-0.2, -0.15) is 11.8 Å². The SMILES string of the molecule is CCNc1ccc(C(=O)NC(C)CSC)cc1. The minimum absolute atomic E-state index is 0.00500. The van der Waals surface area contributed by atoms with Crippen LogP contribution in [0.2, 0.25) is 0 Å². The zero-order valence-corrected chi connectivity index (χ0v) is 11.4. The normalized spacial score (nSPS) is 11.9. The summed E-state index contributed by atoms with van der Waals surface area (Å²) in [5.74, 6) is 0.927. The van der Waals surface area contributed by atoms with E-state index in [1.54, 1.807) is 11.8 Å². The maximum Gasteiger partial charge on any atom is 0.251 e. The minimum Gasteiger partial charge on any atom is -0.385 e. The van der Waals surface area contributed by atoms with Crippen LogP contribution in [0, 0.1) is 0 Å². The van der Waals surface area contributed by atoms with Crippen molar-refractivity contribution in [2.45, 2.75) is 19.9 Å². The van der Waals surface area contributed by atoms with E-state index in [0.717, 1.165) is 18.0 Å². The van der Waals surface area contributed by atoms with E-state index in [9.17, 15) is 4.79 Å². The van der Waals surface area contributed by atoms with E-state index in [1.807, 2.05) is 44.4 Å². The van der Waals surface area contributed by atoms with Crippen molar-refractivity contribution in [2.24, 2.45) is 0 Å². The summed E-state index contributed by atoms with van der Waals surface area (Å²) in [6.45, 7) is 4.95. The lowest BCUT2D eigenvalue weighted by Crippen LogP contribution is -2.34. The van der Waals surface area contributed by atoms with E-state index >= 15 is 0 Å². The molecule has 4 heteroatoms. The maximum absolute atomic E-state index is 11.9. The predicted octanol–water partition coefficient (Wildman–Crippen LogP) is 2.60. The zero-order chi connectivity index (χ0) is 12.7. The molecule has 0 spiro atoms. The molecule has 17 heavy (non-hydrogen) atoms. The van der Waals surface area contributed by atoms with Gasteiger partial charge in [0.1, 0.15) is 0 Å². The standard InChI is InChI=1S/C13H20N2OS/c1-4-14-12-7-5-11(6-8-12)13(16)15-10(2)9-17-3/h5-8,10,14H,4,9H2,1-3H3,(H,15,16). The molecule has 1 rings (SSSR count). The summed E-state index contributed by atoms with van der Waals surface area (Å²) in [7, 11) is 0. The first-order valence-electron chi connectivity index (χ1n) is 5.81. The van der Waals surface area contributed by atoms with E-state index in [2.05, 4.69) is 10.6 Å². The molecule has 0 radical (unpaired) electrons. The number of thioether (sulfide) groups is 1. The summed E-state index contributed by atoms with van der Waals surface area (Å²) in [5.41, 5.74) is 1.75. The molecule has 1 aromatic rings. The number of hydrogen-bond acceptors (Lipinski definition) is 3. The summed E-state index contributed by atoms with van der Waals surface area (Å²) in [6.07, 6.45) is 2.04. The molecular formula is C13H20N2OS. The van der Waals surface area contributed by atoms with Gasteiger partial charge >= 0.3 is 0 Å². The van der Waals surface area contributed by atoms with Crippen LogP contribution < -0.4 is 10.6 Å². The minimum atomic E-state index is -0.00500. The molecule has 0 heterocycles. The molecule has 0 fully saturated rings. The molecule has 0 aliphatic heterocycles. The van der Waals surface area contributed by atoms with Gasteiger partial charge in [-0.25, -0.2) is 0 Å². The second-order valence-corrected chi connectivity index (χ2v) is 4.85. The Labute approximate surface area is 107 Å². The summed E-state index contributed by atoms with van der Waals surface area (Å²) in [5, 5.41) is 6.17. The fourth-order valence-electron chi connectivity index (χ4n) is 1.54. The van der Waals surface area contributed by atoms with Gasteiger partial charge in [0.15, 0.2) is 0 Å². The van der Waals surface area contributed by atoms with E-state index < -0.39 is 0 Å². The van der Waals surface area contributed by atoms with Gasteiger partial charge in [-0.05, 0) is 44.4 Å². The first kappa shape index (κ1) is 13.9. The Morgan fingerprint density at radius 1 is 1.35 bits per heavy atom. The van der Waals surface area contributed by atoms with Crippen LogP contribution in [0.3, 0.4) is 0 Å². The second-order valence-electron chi connectivity index (χ2n) is 3.94. The molecule has 0 saturated heterocycles. The highest BCUT2D eigenvalue weighted by Gasteiger charge is 2.08. The lowest BCUT2D eigenvalue weighted by molar-refractivity contribution is 0.0944. The number of nitrogens with one attached hydrogen (secondary N) is 2. The quantitative estimate of drug-likeness (QED) is 0.817. The number of carbonyl (C=O) groups is 1. The van der Waals surface area contributed by atoms with Gasteiger partial charge in [-0.3, -0.25) is 4.79 Å². The van der Waals surface area contributed by atoms with Crippen LogP contribution in [-0.4, -0.2) is 30.5 Å². The van der Waals surface area contributed by atoms with Crippen LogP contribution in [0.15, 0.2) is 24.3 Å². The van der Waals surface area contributed by atoms with Gasteiger partial charge in [-0.15, -0.1) is 0 Å². The number of hydrogen-bond donors (Lipinski definition) is 2. The zero-order valence-electron chi connectivity index (χ0n) is 10.6. The van der Waals surface area contributed by atoms with Gasteiger partial charge < -0.3 is 10.6 Å². The van der Waals surface area contributed by atoms with Crippen LogP contribution >= 0.6 is 11.8 Å². The van der Waals surface area contributed by atoms with Gasteiger partial charge in [0.05, 0.1) is 0 Å². The van der Waals surface area contributed by atoms with Crippen molar-refractivity contribution in [1.82, 2.24) is 5.32 Å². The summed E-state index contributed by atoms with van der Waals surface area (Å²) < 4.78 is 0. The van der Waals surface area contributed by atoms with Crippen molar-refractivity contribution < 1.29 is 4.79 Å². The van der Waals surface area contributed by atoms with Gasteiger partial charge in [-0.1, -0.05) is 0 Å². The average Bonchev–Trinajstić information content (AvgIpc) is 2.30. The molecule has 1 atom stereocenters. The third-order valence-corrected chi connectivity index (χ3v) is 3.16. The Morgan fingerprint density at radius 2 is 2.00 bits per heavy atom. The van der Waals surface area contributed by atoms with Crippen molar-refractivity contribution in [3.63, 3.8) is 0 Å². The lowest BCUT2D eigenvalue weighted by Gasteiger charge is -2.12.